The molecular formula is C15H21ClN2O. The molecule has 1 amide bonds. The minimum Gasteiger partial charge on any atom is -0.326 e. The number of benzene rings is 1. The summed E-state index contributed by atoms with van der Waals surface area (Å²) >= 11 is 0. The number of nitrogens with one attached hydrogen (secondary N) is 2. The van der Waals surface area contributed by atoms with E-state index in [0.717, 1.165) is 12.2 Å². The van der Waals surface area contributed by atoms with Crippen LogP contribution >= 0.6 is 12.4 Å². The molecule has 0 spiro atoms. The molecule has 1 aromatic rings. The molecule has 3 nitrogen and oxygen atoms in total. The number of hydrogen-bond donors (Lipinski definition) is 2. The first-order valence-electron chi connectivity index (χ1n) is 6.84. The molecule has 3 rings (SSSR count). The lowest BCUT2D eigenvalue weighted by Gasteiger charge is -2.08. The second kappa shape index (κ2) is 5.93. The van der Waals surface area contributed by atoms with Crippen LogP contribution in [-0.4, -0.2) is 13.0 Å². The van der Waals surface area contributed by atoms with Crippen molar-refractivity contribution in [3.8, 4) is 0 Å². The fourth-order valence-corrected chi connectivity index (χ4v) is 3.40. The highest BCUT2D eigenvalue weighted by Crippen LogP contribution is 2.57. The summed E-state index contributed by atoms with van der Waals surface area (Å²) in [7, 11) is 1.93. The summed E-state index contributed by atoms with van der Waals surface area (Å²) in [6.45, 7) is 0.832. The Morgan fingerprint density at radius 1 is 1.32 bits per heavy atom. The van der Waals surface area contributed by atoms with E-state index in [4.69, 9.17) is 0 Å². The largest absolute Gasteiger partial charge is 0.326 e. The van der Waals surface area contributed by atoms with Gasteiger partial charge in [-0.05, 0) is 49.4 Å². The number of fused-ring (bicyclic) bond motifs is 1. The summed E-state index contributed by atoms with van der Waals surface area (Å²) in [5.41, 5.74) is 2.13. The molecule has 0 aliphatic heterocycles. The highest BCUT2D eigenvalue weighted by atomic mass is 35.5. The van der Waals surface area contributed by atoms with Crippen molar-refractivity contribution in [2.24, 2.45) is 17.8 Å². The second-order valence-electron chi connectivity index (χ2n) is 5.50. The topological polar surface area (TPSA) is 41.1 Å². The van der Waals surface area contributed by atoms with Crippen LogP contribution in [0.1, 0.15) is 24.8 Å². The van der Waals surface area contributed by atoms with Gasteiger partial charge in [0.25, 0.3) is 0 Å². The molecule has 104 valence electrons. The van der Waals surface area contributed by atoms with Crippen molar-refractivity contribution >= 4 is 24.0 Å². The number of rotatable bonds is 4. The van der Waals surface area contributed by atoms with Gasteiger partial charge in [-0.2, -0.15) is 0 Å². The van der Waals surface area contributed by atoms with Crippen molar-refractivity contribution in [1.82, 2.24) is 5.32 Å². The van der Waals surface area contributed by atoms with Crippen LogP contribution in [0.2, 0.25) is 0 Å². The number of hydrogen-bond acceptors (Lipinski definition) is 2. The summed E-state index contributed by atoms with van der Waals surface area (Å²) in [6.07, 6.45) is 3.82. The third-order valence-electron chi connectivity index (χ3n) is 4.28. The first-order valence-corrected chi connectivity index (χ1v) is 6.84. The van der Waals surface area contributed by atoms with Gasteiger partial charge >= 0.3 is 0 Å². The number of anilines is 1. The van der Waals surface area contributed by atoms with Crippen LogP contribution in [0.25, 0.3) is 0 Å². The quantitative estimate of drug-likeness (QED) is 0.890. The van der Waals surface area contributed by atoms with E-state index in [9.17, 15) is 4.79 Å². The van der Waals surface area contributed by atoms with Gasteiger partial charge < -0.3 is 10.6 Å². The average molecular weight is 281 g/mol. The van der Waals surface area contributed by atoms with Crippen LogP contribution in [0.5, 0.6) is 0 Å². The summed E-state index contributed by atoms with van der Waals surface area (Å²) in [5.74, 6) is 1.90. The Bertz CT molecular complexity index is 453. The van der Waals surface area contributed by atoms with Crippen molar-refractivity contribution in [2.45, 2.75) is 25.8 Å². The van der Waals surface area contributed by atoms with Crippen molar-refractivity contribution < 1.29 is 4.79 Å². The zero-order valence-corrected chi connectivity index (χ0v) is 12.0. The molecule has 2 fully saturated rings. The van der Waals surface area contributed by atoms with E-state index in [1.165, 1.54) is 24.8 Å². The first-order chi connectivity index (χ1) is 8.79. The monoisotopic (exact) mass is 280 g/mol. The van der Waals surface area contributed by atoms with Crippen molar-refractivity contribution in [2.75, 3.05) is 12.4 Å². The first kappa shape index (κ1) is 14.4. The molecule has 0 saturated heterocycles. The Balaban J connectivity index is 0.00000133. The SMILES string of the molecule is CNCc1cccc(NC(=O)C2C3CCCC32)c1.Cl. The second-order valence-corrected chi connectivity index (χ2v) is 5.50. The van der Waals surface area contributed by atoms with Crippen LogP contribution < -0.4 is 10.6 Å². The molecule has 2 N–H and O–H groups in total. The van der Waals surface area contributed by atoms with E-state index in [2.05, 4.69) is 16.7 Å². The van der Waals surface area contributed by atoms with Crippen molar-refractivity contribution in [3.05, 3.63) is 29.8 Å². The number of carbonyl (C=O) groups is 1. The minimum atomic E-state index is 0. The predicted octanol–water partition coefficient (Wildman–Crippen LogP) is 2.81. The Labute approximate surface area is 120 Å². The maximum absolute atomic E-state index is 12.1. The highest BCUT2D eigenvalue weighted by Gasteiger charge is 2.56. The Hall–Kier alpha value is -1.06. The fourth-order valence-electron chi connectivity index (χ4n) is 3.40. The smallest absolute Gasteiger partial charge is 0.228 e. The van der Waals surface area contributed by atoms with Gasteiger partial charge in [0.1, 0.15) is 0 Å². The zero-order valence-electron chi connectivity index (χ0n) is 11.2. The van der Waals surface area contributed by atoms with Crippen LogP contribution in [0.4, 0.5) is 5.69 Å². The molecule has 19 heavy (non-hydrogen) atoms. The third-order valence-corrected chi connectivity index (χ3v) is 4.28. The van der Waals surface area contributed by atoms with E-state index in [1.54, 1.807) is 0 Å². The summed E-state index contributed by atoms with van der Waals surface area (Å²) < 4.78 is 0. The van der Waals surface area contributed by atoms with Gasteiger partial charge in [0, 0.05) is 18.2 Å². The molecule has 2 aliphatic rings. The summed E-state index contributed by atoms with van der Waals surface area (Å²) in [4.78, 5) is 12.1. The summed E-state index contributed by atoms with van der Waals surface area (Å²) in [6, 6.07) is 8.08. The van der Waals surface area contributed by atoms with Crippen molar-refractivity contribution in [3.63, 3.8) is 0 Å². The van der Waals surface area contributed by atoms with Gasteiger partial charge in [-0.3, -0.25) is 4.79 Å². The molecule has 1 aromatic carbocycles. The standard InChI is InChI=1S/C15H20N2O.ClH/c1-16-9-10-4-2-5-11(8-10)17-15(18)14-12-6-3-7-13(12)14;/h2,4-5,8,12-14,16H,3,6-7,9H2,1H3,(H,17,18);1H. The number of carbonyl (C=O) groups excluding carboxylic acids is 1. The van der Waals surface area contributed by atoms with E-state index in [0.29, 0.717) is 17.8 Å². The van der Waals surface area contributed by atoms with E-state index in [-0.39, 0.29) is 18.3 Å². The van der Waals surface area contributed by atoms with Gasteiger partial charge in [0.15, 0.2) is 0 Å². The average Bonchev–Trinajstić information content (AvgIpc) is 2.85. The predicted molar refractivity (Wildman–Crippen MR) is 79.4 cm³/mol. The number of amides is 1. The Kier molecular flexibility index (Phi) is 4.48. The molecule has 0 bridgehead atoms. The van der Waals surface area contributed by atoms with Crippen LogP contribution in [-0.2, 0) is 11.3 Å². The molecule has 2 aliphatic carbocycles. The van der Waals surface area contributed by atoms with Gasteiger partial charge in [-0.25, -0.2) is 0 Å². The molecule has 0 aromatic heterocycles. The molecular weight excluding hydrogens is 260 g/mol. The van der Waals surface area contributed by atoms with E-state index in [1.807, 2.05) is 25.2 Å². The van der Waals surface area contributed by atoms with Gasteiger partial charge in [0.2, 0.25) is 5.91 Å². The fraction of sp³-hybridized carbons (Fsp3) is 0.533. The molecule has 2 atom stereocenters. The molecule has 2 saturated carbocycles. The molecule has 0 heterocycles. The highest BCUT2D eigenvalue weighted by molar-refractivity contribution is 5.95. The third kappa shape index (κ3) is 2.93. The molecule has 2 unspecified atom stereocenters. The van der Waals surface area contributed by atoms with Crippen LogP contribution in [0.3, 0.4) is 0 Å². The minimum absolute atomic E-state index is 0. The van der Waals surface area contributed by atoms with Gasteiger partial charge in [-0.15, -0.1) is 12.4 Å². The zero-order chi connectivity index (χ0) is 12.5. The van der Waals surface area contributed by atoms with Gasteiger partial charge in [0.05, 0.1) is 0 Å². The van der Waals surface area contributed by atoms with E-state index < -0.39 is 0 Å². The maximum atomic E-state index is 12.1. The number of halogens is 1. The van der Waals surface area contributed by atoms with Gasteiger partial charge in [-0.1, -0.05) is 18.6 Å². The maximum Gasteiger partial charge on any atom is 0.228 e. The molecule has 0 radical (unpaired) electrons. The lowest BCUT2D eigenvalue weighted by atomic mass is 10.1. The van der Waals surface area contributed by atoms with Crippen LogP contribution in [0.15, 0.2) is 24.3 Å². The lowest BCUT2D eigenvalue weighted by Crippen LogP contribution is -2.16. The van der Waals surface area contributed by atoms with Crippen LogP contribution in [0, 0.1) is 17.8 Å². The normalized spacial score (nSPS) is 27.3. The molecule has 4 heteroatoms. The van der Waals surface area contributed by atoms with Crippen molar-refractivity contribution in [1.29, 1.82) is 0 Å². The Morgan fingerprint density at radius 2 is 2.05 bits per heavy atom. The van der Waals surface area contributed by atoms with E-state index >= 15 is 0 Å². The summed E-state index contributed by atoms with van der Waals surface area (Å²) in [5, 5.41) is 6.18. The Morgan fingerprint density at radius 3 is 2.74 bits per heavy atom. The lowest BCUT2D eigenvalue weighted by molar-refractivity contribution is -0.118.